The fourth-order valence-electron chi connectivity index (χ4n) is 3.87. The summed E-state index contributed by atoms with van der Waals surface area (Å²) >= 11 is 5.86. The Bertz CT molecular complexity index is 1130. The van der Waals surface area contributed by atoms with Gasteiger partial charge in [-0.1, -0.05) is 11.6 Å². The highest BCUT2D eigenvalue weighted by Crippen LogP contribution is 2.42. The molecule has 3 heterocycles. The van der Waals surface area contributed by atoms with E-state index in [1.807, 2.05) is 12.1 Å². The minimum absolute atomic E-state index is 0.0216. The van der Waals surface area contributed by atoms with Crippen LogP contribution < -0.4 is 14.8 Å². The number of nitrogens with one attached hydrogen (secondary N) is 1. The third-order valence-electron chi connectivity index (χ3n) is 5.27. The van der Waals surface area contributed by atoms with Crippen molar-refractivity contribution in [2.45, 2.75) is 25.4 Å². The van der Waals surface area contributed by atoms with E-state index in [9.17, 15) is 13.2 Å². The Kier molecular flexibility index (Phi) is 4.54. The first kappa shape index (κ1) is 19.1. The third kappa shape index (κ3) is 3.25. The Balaban J connectivity index is 1.72. The summed E-state index contributed by atoms with van der Waals surface area (Å²) in [6.45, 7) is 0.806. The van der Waals surface area contributed by atoms with Crippen LogP contribution in [0.15, 0.2) is 36.4 Å². The highest BCUT2D eigenvalue weighted by molar-refractivity contribution is 6.30. The zero-order valence-corrected chi connectivity index (χ0v) is 16.5. The zero-order chi connectivity index (χ0) is 20.9. The maximum atomic E-state index is 13.8. The van der Waals surface area contributed by atoms with Crippen LogP contribution in [0, 0.1) is 0 Å². The number of nitrogens with zero attached hydrogens (tertiary/aromatic N) is 2. The van der Waals surface area contributed by atoms with Crippen molar-refractivity contribution in [2.24, 2.45) is 0 Å². The second kappa shape index (κ2) is 7.12. The molecule has 0 amide bonds. The number of benzene rings is 2. The van der Waals surface area contributed by atoms with Crippen LogP contribution in [0.3, 0.4) is 0 Å². The molecule has 156 valence electrons. The molecule has 2 aliphatic heterocycles. The lowest BCUT2D eigenvalue weighted by Crippen LogP contribution is -2.14. The summed E-state index contributed by atoms with van der Waals surface area (Å²) in [5.41, 5.74) is 1.38. The molecule has 2 aromatic carbocycles. The van der Waals surface area contributed by atoms with Crippen LogP contribution in [0.1, 0.15) is 24.0 Å². The van der Waals surface area contributed by atoms with Crippen LogP contribution in [0.2, 0.25) is 5.02 Å². The summed E-state index contributed by atoms with van der Waals surface area (Å²) < 4.78 is 53.4. The van der Waals surface area contributed by atoms with Gasteiger partial charge in [0.2, 0.25) is 6.79 Å². The second-order valence-corrected chi connectivity index (χ2v) is 7.64. The number of hydrogen-bond acceptors (Lipinski definition) is 4. The number of aromatic nitrogens is 2. The van der Waals surface area contributed by atoms with E-state index in [1.54, 1.807) is 6.07 Å². The van der Waals surface area contributed by atoms with E-state index in [4.69, 9.17) is 21.1 Å². The van der Waals surface area contributed by atoms with Crippen LogP contribution in [0.4, 0.5) is 19.0 Å². The van der Waals surface area contributed by atoms with Gasteiger partial charge in [0.05, 0.1) is 16.9 Å². The number of anilines is 1. The number of ether oxygens (including phenoxy) is 2. The Morgan fingerprint density at radius 2 is 1.87 bits per heavy atom. The van der Waals surface area contributed by atoms with Gasteiger partial charge in [-0.3, -0.25) is 0 Å². The Labute approximate surface area is 175 Å². The van der Waals surface area contributed by atoms with Crippen molar-refractivity contribution in [3.05, 3.63) is 52.5 Å². The highest BCUT2D eigenvalue weighted by atomic mass is 35.5. The standard InChI is InChI=1S/C21H17ClF3N3O2/c22-13-5-6-16(15(10-13)21(23,24)25)28-20-14(3-1-2-8-26-20)19(27-28)12-4-7-17-18(9-12)30-11-29-17/h4-7,9-10,26H,1-3,8,11H2. The first-order valence-electron chi connectivity index (χ1n) is 9.55. The predicted octanol–water partition coefficient (Wildman–Crippen LogP) is 5.69. The Morgan fingerprint density at radius 3 is 2.70 bits per heavy atom. The van der Waals surface area contributed by atoms with Gasteiger partial charge in [0, 0.05) is 22.7 Å². The molecule has 0 aliphatic carbocycles. The molecule has 0 unspecified atom stereocenters. The van der Waals surface area contributed by atoms with Crippen molar-refractivity contribution in [1.82, 2.24) is 9.78 Å². The minimum Gasteiger partial charge on any atom is -0.454 e. The second-order valence-electron chi connectivity index (χ2n) is 7.20. The van der Waals surface area contributed by atoms with Gasteiger partial charge in [0.25, 0.3) is 0 Å². The van der Waals surface area contributed by atoms with Crippen molar-refractivity contribution >= 4 is 17.4 Å². The smallest absolute Gasteiger partial charge is 0.418 e. The summed E-state index contributed by atoms with van der Waals surface area (Å²) in [7, 11) is 0. The van der Waals surface area contributed by atoms with Gasteiger partial charge < -0.3 is 14.8 Å². The minimum atomic E-state index is -4.57. The van der Waals surface area contributed by atoms with Crippen LogP contribution in [-0.2, 0) is 12.6 Å². The van der Waals surface area contributed by atoms with Crippen molar-refractivity contribution < 1.29 is 22.6 Å². The number of fused-ring (bicyclic) bond motifs is 2. The van der Waals surface area contributed by atoms with Crippen molar-refractivity contribution in [3.63, 3.8) is 0 Å². The van der Waals surface area contributed by atoms with Crippen molar-refractivity contribution in [2.75, 3.05) is 18.7 Å². The van der Waals surface area contributed by atoms with E-state index in [1.165, 1.54) is 16.8 Å². The van der Waals surface area contributed by atoms with Crippen LogP contribution >= 0.6 is 11.6 Å². The lowest BCUT2D eigenvalue weighted by molar-refractivity contribution is -0.137. The molecule has 0 fully saturated rings. The molecule has 5 nitrogen and oxygen atoms in total. The molecule has 1 aromatic heterocycles. The molecular formula is C21H17ClF3N3O2. The van der Waals surface area contributed by atoms with E-state index in [-0.39, 0.29) is 17.5 Å². The first-order valence-corrected chi connectivity index (χ1v) is 9.92. The number of alkyl halides is 3. The molecule has 30 heavy (non-hydrogen) atoms. The molecule has 2 aliphatic rings. The zero-order valence-electron chi connectivity index (χ0n) is 15.7. The van der Waals surface area contributed by atoms with Crippen molar-refractivity contribution in [3.8, 4) is 28.4 Å². The third-order valence-corrected chi connectivity index (χ3v) is 5.50. The van der Waals surface area contributed by atoms with Gasteiger partial charge in [-0.25, -0.2) is 4.68 Å². The molecule has 5 rings (SSSR count). The lowest BCUT2D eigenvalue weighted by Gasteiger charge is -2.16. The summed E-state index contributed by atoms with van der Waals surface area (Å²) in [5.74, 6) is 1.81. The van der Waals surface area contributed by atoms with Crippen molar-refractivity contribution in [1.29, 1.82) is 0 Å². The fourth-order valence-corrected chi connectivity index (χ4v) is 4.04. The molecule has 0 spiro atoms. The average Bonchev–Trinajstić information content (AvgIpc) is 3.24. The molecule has 0 saturated carbocycles. The first-order chi connectivity index (χ1) is 14.4. The number of rotatable bonds is 2. The highest BCUT2D eigenvalue weighted by Gasteiger charge is 2.36. The van der Waals surface area contributed by atoms with E-state index in [0.29, 0.717) is 36.0 Å². The van der Waals surface area contributed by atoms with Gasteiger partial charge in [-0.05, 0) is 55.7 Å². The molecule has 1 N–H and O–H groups in total. The van der Waals surface area contributed by atoms with E-state index in [0.717, 1.165) is 30.0 Å². The number of halogens is 4. The summed E-state index contributed by atoms with van der Waals surface area (Å²) in [4.78, 5) is 0. The summed E-state index contributed by atoms with van der Waals surface area (Å²) in [5, 5.41) is 7.91. The normalized spacial score (nSPS) is 15.5. The molecule has 9 heteroatoms. The topological polar surface area (TPSA) is 48.3 Å². The summed E-state index contributed by atoms with van der Waals surface area (Å²) in [6, 6.07) is 9.18. The average molecular weight is 436 g/mol. The van der Waals surface area contributed by atoms with E-state index < -0.39 is 11.7 Å². The largest absolute Gasteiger partial charge is 0.454 e. The van der Waals surface area contributed by atoms with Crippen LogP contribution in [0.5, 0.6) is 11.5 Å². The SMILES string of the molecule is FC(F)(F)c1cc(Cl)ccc1-n1nc(-c2ccc3c(c2)OCO3)c2c1NCCCC2. The number of hydrogen-bond donors (Lipinski definition) is 1. The van der Waals surface area contributed by atoms with Crippen LogP contribution in [-0.4, -0.2) is 23.1 Å². The van der Waals surface area contributed by atoms with Gasteiger partial charge in [-0.2, -0.15) is 18.3 Å². The molecular weight excluding hydrogens is 419 g/mol. The quantitative estimate of drug-likeness (QED) is 0.562. The molecule has 0 saturated heterocycles. The van der Waals surface area contributed by atoms with Gasteiger partial charge >= 0.3 is 6.18 Å². The van der Waals surface area contributed by atoms with E-state index >= 15 is 0 Å². The molecule has 0 atom stereocenters. The van der Waals surface area contributed by atoms with E-state index in [2.05, 4.69) is 10.4 Å². The predicted molar refractivity (Wildman–Crippen MR) is 107 cm³/mol. The maximum Gasteiger partial charge on any atom is 0.418 e. The van der Waals surface area contributed by atoms with Gasteiger partial charge in [-0.15, -0.1) is 0 Å². The lowest BCUT2D eigenvalue weighted by atomic mass is 10.0. The van der Waals surface area contributed by atoms with Crippen LogP contribution in [0.25, 0.3) is 16.9 Å². The fraction of sp³-hybridized carbons (Fsp3) is 0.286. The maximum absolute atomic E-state index is 13.8. The summed E-state index contributed by atoms with van der Waals surface area (Å²) in [6.07, 6.45) is -2.03. The van der Waals surface area contributed by atoms with Gasteiger partial charge in [0.15, 0.2) is 11.5 Å². The van der Waals surface area contributed by atoms with Gasteiger partial charge in [0.1, 0.15) is 5.82 Å². The Hall–Kier alpha value is -2.87. The molecule has 3 aromatic rings. The Morgan fingerprint density at radius 1 is 1.03 bits per heavy atom. The monoisotopic (exact) mass is 435 g/mol. The molecule has 0 bridgehead atoms. The molecule has 0 radical (unpaired) electrons.